The quantitative estimate of drug-likeness (QED) is 0.360. The molecule has 6 nitrogen and oxygen atoms in total. The van der Waals surface area contributed by atoms with Crippen molar-refractivity contribution in [3.05, 3.63) is 100 Å². The molecule has 3 atom stereocenters. The van der Waals surface area contributed by atoms with Gasteiger partial charge in [0, 0.05) is 50.8 Å². The number of aromatic nitrogens is 1. The molecule has 2 aliphatic rings. The predicted octanol–water partition coefficient (Wildman–Crippen LogP) is 5.20. The van der Waals surface area contributed by atoms with E-state index in [9.17, 15) is 14.9 Å². The number of anilines is 1. The van der Waals surface area contributed by atoms with Gasteiger partial charge in [-0.05, 0) is 30.8 Å². The fraction of sp³-hybridized carbons (Fsp3) is 0.179. The molecule has 1 saturated heterocycles. The third-order valence-corrected chi connectivity index (χ3v) is 8.13. The summed E-state index contributed by atoms with van der Waals surface area (Å²) in [5, 5.41) is 14.7. The highest BCUT2D eigenvalue weighted by molar-refractivity contribution is 9.10. The number of nitriles is 1. The summed E-state index contributed by atoms with van der Waals surface area (Å²) in [5.41, 5.74) is 0.115. The lowest BCUT2D eigenvalue weighted by molar-refractivity contribution is -0.128. The molecule has 172 valence electrons. The van der Waals surface area contributed by atoms with Crippen LogP contribution in [0.1, 0.15) is 27.4 Å². The van der Waals surface area contributed by atoms with Crippen LogP contribution in [-0.4, -0.2) is 35.2 Å². The van der Waals surface area contributed by atoms with Crippen LogP contribution >= 0.6 is 15.9 Å². The van der Waals surface area contributed by atoms with Crippen LogP contribution in [0.5, 0.6) is 0 Å². The Kier molecular flexibility index (Phi) is 4.75. The van der Waals surface area contributed by atoms with Crippen molar-refractivity contribution in [2.45, 2.75) is 11.5 Å². The van der Waals surface area contributed by atoms with Crippen LogP contribution in [-0.2, 0) is 10.3 Å². The summed E-state index contributed by atoms with van der Waals surface area (Å²) < 4.78 is 0.805. The van der Waals surface area contributed by atoms with E-state index in [4.69, 9.17) is 0 Å². The number of Topliss-reactive ketones (excluding diaryl/α,β-unsaturated/α-hetero) is 1. The van der Waals surface area contributed by atoms with Crippen LogP contribution in [0.25, 0.3) is 10.9 Å². The first kappa shape index (κ1) is 21.8. The van der Waals surface area contributed by atoms with Crippen molar-refractivity contribution in [3.63, 3.8) is 0 Å². The van der Waals surface area contributed by atoms with Crippen LogP contribution < -0.4 is 5.32 Å². The Bertz CT molecular complexity index is 1560. The van der Waals surface area contributed by atoms with Crippen molar-refractivity contribution < 1.29 is 9.59 Å². The number of likely N-dealkylation sites (tertiary alicyclic amines) is 1. The zero-order valence-electron chi connectivity index (χ0n) is 18.9. The number of hydrogen-bond acceptors (Lipinski definition) is 4. The molecule has 7 heteroatoms. The molecule has 0 bridgehead atoms. The fourth-order valence-electron chi connectivity index (χ4n) is 6.19. The van der Waals surface area contributed by atoms with E-state index in [2.05, 4.69) is 32.3 Å². The molecule has 2 aliphatic heterocycles. The molecule has 1 unspecified atom stereocenters. The second-order valence-electron chi connectivity index (χ2n) is 9.20. The van der Waals surface area contributed by atoms with E-state index in [1.807, 2.05) is 84.7 Å². The zero-order chi connectivity index (χ0) is 24.4. The van der Waals surface area contributed by atoms with Gasteiger partial charge in [0.25, 0.3) is 5.91 Å². The third-order valence-electron chi connectivity index (χ3n) is 7.64. The SMILES string of the molecule is CN1C[C@@H](c2ccccc2)[C@](C#N)(C(=O)c2c[nH]c3ccccc23)C12C(=O)Nc1cc(Br)ccc12. The smallest absolute Gasteiger partial charge is 0.251 e. The van der Waals surface area contributed by atoms with E-state index in [0.29, 0.717) is 23.4 Å². The summed E-state index contributed by atoms with van der Waals surface area (Å²) >= 11 is 3.48. The first-order valence-corrected chi connectivity index (χ1v) is 12.1. The molecule has 35 heavy (non-hydrogen) atoms. The highest BCUT2D eigenvalue weighted by Gasteiger charge is 2.74. The van der Waals surface area contributed by atoms with E-state index in [1.165, 1.54) is 0 Å². The van der Waals surface area contributed by atoms with Gasteiger partial charge in [-0.15, -0.1) is 0 Å². The molecule has 1 aromatic heterocycles. The molecule has 3 heterocycles. The third kappa shape index (κ3) is 2.67. The van der Waals surface area contributed by atoms with Crippen molar-refractivity contribution in [3.8, 4) is 6.07 Å². The van der Waals surface area contributed by atoms with Crippen LogP contribution in [0.3, 0.4) is 0 Å². The largest absolute Gasteiger partial charge is 0.360 e. The number of nitrogens with zero attached hydrogens (tertiary/aromatic N) is 2. The number of carbonyl (C=O) groups excluding carboxylic acids is 2. The molecule has 3 aromatic carbocycles. The zero-order valence-corrected chi connectivity index (χ0v) is 20.5. The molecular weight excluding hydrogens is 504 g/mol. The number of amides is 1. The first-order chi connectivity index (χ1) is 16.9. The number of hydrogen-bond donors (Lipinski definition) is 2. The molecule has 4 aromatic rings. The number of halogens is 1. The predicted molar refractivity (Wildman–Crippen MR) is 137 cm³/mol. The molecule has 1 amide bonds. The molecule has 6 rings (SSSR count). The van der Waals surface area contributed by atoms with Gasteiger partial charge in [-0.25, -0.2) is 0 Å². The van der Waals surface area contributed by atoms with E-state index in [0.717, 1.165) is 20.9 Å². The Balaban J connectivity index is 1.69. The van der Waals surface area contributed by atoms with Gasteiger partial charge in [-0.3, -0.25) is 14.5 Å². The number of carbonyl (C=O) groups is 2. The fourth-order valence-corrected chi connectivity index (χ4v) is 6.55. The minimum Gasteiger partial charge on any atom is -0.360 e. The Morgan fingerprint density at radius 2 is 1.86 bits per heavy atom. The molecule has 2 N–H and O–H groups in total. The minimum absolute atomic E-state index is 0.360. The Morgan fingerprint density at radius 1 is 1.11 bits per heavy atom. The Hall–Kier alpha value is -3.73. The summed E-state index contributed by atoms with van der Waals surface area (Å²) in [6.45, 7) is 0.370. The standard InChI is InChI=1S/C28H21BrN4O2/c1-33-15-22(17-7-3-2-4-8-17)27(16-30,25(34)20-14-31-23-10-6-5-9-19(20)23)28(33)21-12-11-18(29)13-24(21)32-26(28)35/h2-14,22,31H,15H2,1H3,(H,32,35)/t22-,27+,28?/m0/s1. The second kappa shape index (κ2) is 7.64. The Morgan fingerprint density at radius 3 is 2.63 bits per heavy atom. The monoisotopic (exact) mass is 524 g/mol. The molecule has 0 radical (unpaired) electrons. The van der Waals surface area contributed by atoms with Gasteiger partial charge >= 0.3 is 0 Å². The first-order valence-electron chi connectivity index (χ1n) is 11.3. The van der Waals surface area contributed by atoms with Gasteiger partial charge in [-0.1, -0.05) is 70.5 Å². The number of likely N-dealkylation sites (N-methyl/N-ethyl adjacent to an activating group) is 1. The van der Waals surface area contributed by atoms with Crippen LogP contribution in [0.4, 0.5) is 5.69 Å². The van der Waals surface area contributed by atoms with Gasteiger partial charge < -0.3 is 10.3 Å². The molecule has 1 fully saturated rings. The second-order valence-corrected chi connectivity index (χ2v) is 10.1. The van der Waals surface area contributed by atoms with Crippen molar-refractivity contribution in [1.29, 1.82) is 5.26 Å². The number of nitrogens with one attached hydrogen (secondary N) is 2. The average Bonchev–Trinajstić information content (AvgIpc) is 3.51. The summed E-state index contributed by atoms with van der Waals surface area (Å²) in [5.74, 6) is -1.25. The number of fused-ring (bicyclic) bond motifs is 3. The van der Waals surface area contributed by atoms with E-state index in [1.54, 1.807) is 6.20 Å². The van der Waals surface area contributed by atoms with E-state index >= 15 is 0 Å². The Labute approximate surface area is 210 Å². The number of aromatic amines is 1. The summed E-state index contributed by atoms with van der Waals surface area (Å²) in [6.07, 6.45) is 1.66. The highest BCUT2D eigenvalue weighted by atomic mass is 79.9. The molecule has 0 aliphatic carbocycles. The molecular formula is C28H21BrN4O2. The number of para-hydroxylation sites is 1. The van der Waals surface area contributed by atoms with Crippen LogP contribution in [0.15, 0.2) is 83.5 Å². The lowest BCUT2D eigenvalue weighted by atomic mass is 9.58. The average molecular weight is 525 g/mol. The van der Waals surface area contributed by atoms with Crippen molar-refractivity contribution in [1.82, 2.24) is 9.88 Å². The van der Waals surface area contributed by atoms with Crippen LogP contribution in [0, 0.1) is 16.7 Å². The van der Waals surface area contributed by atoms with Gasteiger partial charge in [0.05, 0.1) is 6.07 Å². The maximum Gasteiger partial charge on any atom is 0.251 e. The minimum atomic E-state index is -1.71. The number of ketones is 1. The van der Waals surface area contributed by atoms with Gasteiger partial charge in [0.1, 0.15) is 0 Å². The molecule has 1 spiro atoms. The number of rotatable bonds is 3. The number of benzene rings is 3. The van der Waals surface area contributed by atoms with Gasteiger partial charge in [0.2, 0.25) is 0 Å². The lowest BCUT2D eigenvalue weighted by Crippen LogP contribution is -2.58. The summed E-state index contributed by atoms with van der Waals surface area (Å²) in [6, 6.07) is 25.1. The summed E-state index contributed by atoms with van der Waals surface area (Å²) in [7, 11) is 1.83. The molecule has 0 saturated carbocycles. The normalized spacial score (nSPS) is 25.5. The highest BCUT2D eigenvalue weighted by Crippen LogP contribution is 2.63. The number of H-pyrrole nitrogens is 1. The maximum absolute atomic E-state index is 14.7. The van der Waals surface area contributed by atoms with E-state index < -0.39 is 16.9 Å². The summed E-state index contributed by atoms with van der Waals surface area (Å²) in [4.78, 5) is 33.8. The topological polar surface area (TPSA) is 89.0 Å². The van der Waals surface area contributed by atoms with E-state index in [-0.39, 0.29) is 11.7 Å². The van der Waals surface area contributed by atoms with Crippen molar-refractivity contribution >= 4 is 44.2 Å². The maximum atomic E-state index is 14.7. The van der Waals surface area contributed by atoms with Crippen LogP contribution in [0.2, 0.25) is 0 Å². The van der Waals surface area contributed by atoms with Crippen molar-refractivity contribution in [2.75, 3.05) is 18.9 Å². The van der Waals surface area contributed by atoms with Gasteiger partial charge in [-0.2, -0.15) is 5.26 Å². The van der Waals surface area contributed by atoms with Gasteiger partial charge in [0.15, 0.2) is 16.7 Å². The lowest BCUT2D eigenvalue weighted by Gasteiger charge is -2.41. The van der Waals surface area contributed by atoms with Crippen molar-refractivity contribution in [2.24, 2.45) is 5.41 Å².